The van der Waals surface area contributed by atoms with Crippen molar-refractivity contribution in [2.45, 2.75) is 35.9 Å². The second kappa shape index (κ2) is 11.6. The maximum Gasteiger partial charge on any atom is 0.319 e. The highest BCUT2D eigenvalue weighted by Crippen LogP contribution is 2.35. The molecule has 194 valence electrons. The van der Waals surface area contributed by atoms with Crippen molar-refractivity contribution in [1.82, 2.24) is 24.7 Å². The fourth-order valence-electron chi connectivity index (χ4n) is 3.34. The lowest BCUT2D eigenvalue weighted by molar-refractivity contribution is -0.138. The fourth-order valence-corrected chi connectivity index (χ4v) is 5.56. The molecule has 0 radical (unpaired) electrons. The Morgan fingerprint density at radius 2 is 1.84 bits per heavy atom. The number of hydrogen-bond donors (Lipinski definition) is 1. The Balaban J connectivity index is 1.55. The Morgan fingerprint density at radius 1 is 1.14 bits per heavy atom. The van der Waals surface area contributed by atoms with Crippen LogP contribution in [0.5, 0.6) is 11.8 Å². The average Bonchev–Trinajstić information content (AvgIpc) is 3.55. The van der Waals surface area contributed by atoms with Crippen LogP contribution in [-0.2, 0) is 17.8 Å². The first-order valence-electron chi connectivity index (χ1n) is 11.4. The summed E-state index contributed by atoms with van der Waals surface area (Å²) in [5.74, 6) is 0.381. The van der Waals surface area contributed by atoms with E-state index in [9.17, 15) is 9.90 Å². The van der Waals surface area contributed by atoms with Crippen molar-refractivity contribution >= 4 is 35.0 Å². The summed E-state index contributed by atoms with van der Waals surface area (Å²) in [6.45, 7) is 4.40. The smallest absolute Gasteiger partial charge is 0.319 e. The van der Waals surface area contributed by atoms with E-state index in [-0.39, 0.29) is 0 Å². The standard InChI is InChI=1S/C25H28N6O4S2/c1-25(2,22(32)33)37-24-27-18(16-36-24)10-11-30(23-28-20(34-3)12-21(29-23)35-4)14-17-13-26-31(15-17)19-8-6-5-7-9-19/h5-9,12-13,15-16H,10-11,14H2,1-4H3,(H,32,33). The van der Waals surface area contributed by atoms with Gasteiger partial charge in [0, 0.05) is 36.7 Å². The van der Waals surface area contributed by atoms with Gasteiger partial charge in [-0.3, -0.25) is 4.79 Å². The molecule has 0 amide bonds. The van der Waals surface area contributed by atoms with Crippen LogP contribution in [0, 0.1) is 0 Å². The van der Waals surface area contributed by atoms with Crippen molar-refractivity contribution in [3.63, 3.8) is 0 Å². The summed E-state index contributed by atoms with van der Waals surface area (Å²) in [5.41, 5.74) is 2.82. The van der Waals surface area contributed by atoms with Crippen LogP contribution in [0.15, 0.2) is 58.5 Å². The summed E-state index contributed by atoms with van der Waals surface area (Å²) in [4.78, 5) is 27.2. The van der Waals surface area contributed by atoms with Crippen LogP contribution in [0.2, 0.25) is 0 Å². The van der Waals surface area contributed by atoms with Crippen molar-refractivity contribution < 1.29 is 19.4 Å². The second-order valence-corrected chi connectivity index (χ2v) is 11.3. The van der Waals surface area contributed by atoms with Crippen LogP contribution in [-0.4, -0.2) is 61.3 Å². The van der Waals surface area contributed by atoms with Crippen LogP contribution in [0.1, 0.15) is 25.1 Å². The number of ether oxygens (including phenoxy) is 2. The number of benzene rings is 1. The van der Waals surface area contributed by atoms with Gasteiger partial charge in [-0.05, 0) is 26.0 Å². The summed E-state index contributed by atoms with van der Waals surface area (Å²) in [7, 11) is 3.10. The van der Waals surface area contributed by atoms with E-state index in [0.717, 1.165) is 21.3 Å². The van der Waals surface area contributed by atoms with Gasteiger partial charge in [-0.15, -0.1) is 11.3 Å². The van der Waals surface area contributed by atoms with Crippen LogP contribution in [0.4, 0.5) is 5.95 Å². The minimum absolute atomic E-state index is 0.398. The van der Waals surface area contributed by atoms with E-state index in [0.29, 0.717) is 37.2 Å². The van der Waals surface area contributed by atoms with E-state index in [2.05, 4.69) is 20.1 Å². The molecule has 3 aromatic heterocycles. The Morgan fingerprint density at radius 3 is 2.49 bits per heavy atom. The maximum atomic E-state index is 11.5. The van der Waals surface area contributed by atoms with Crippen molar-refractivity contribution in [3.8, 4) is 17.4 Å². The lowest BCUT2D eigenvalue weighted by Crippen LogP contribution is -2.27. The van der Waals surface area contributed by atoms with Crippen molar-refractivity contribution in [2.75, 3.05) is 25.7 Å². The minimum atomic E-state index is -0.953. The third-order valence-corrected chi connectivity index (χ3v) is 7.60. The number of thioether (sulfide) groups is 1. The minimum Gasteiger partial charge on any atom is -0.481 e. The predicted octanol–water partition coefficient (Wildman–Crippen LogP) is 4.34. The van der Waals surface area contributed by atoms with Crippen LogP contribution >= 0.6 is 23.1 Å². The molecule has 0 aliphatic rings. The molecule has 1 aromatic carbocycles. The number of methoxy groups -OCH3 is 2. The molecule has 0 bridgehead atoms. The molecule has 3 heterocycles. The van der Waals surface area contributed by atoms with Crippen LogP contribution < -0.4 is 14.4 Å². The third-order valence-electron chi connectivity index (χ3n) is 5.42. The Labute approximate surface area is 223 Å². The topological polar surface area (TPSA) is 115 Å². The molecule has 0 unspecified atom stereocenters. The molecule has 12 heteroatoms. The molecule has 0 aliphatic heterocycles. The van der Waals surface area contributed by atoms with Gasteiger partial charge in [0.25, 0.3) is 0 Å². The number of rotatable bonds is 12. The molecule has 0 saturated carbocycles. The Bertz CT molecular complexity index is 1320. The number of carboxylic acid groups (broad SMARTS) is 1. The number of carboxylic acids is 1. The molecule has 0 saturated heterocycles. The van der Waals surface area contributed by atoms with E-state index in [1.165, 1.54) is 23.1 Å². The number of anilines is 1. The molecule has 10 nitrogen and oxygen atoms in total. The number of carbonyl (C=O) groups is 1. The van der Waals surface area contributed by atoms with E-state index < -0.39 is 10.7 Å². The Hall–Kier alpha value is -3.64. The van der Waals surface area contributed by atoms with Crippen molar-refractivity contribution in [2.24, 2.45) is 0 Å². The number of aromatic nitrogens is 5. The molecule has 4 aromatic rings. The van der Waals surface area contributed by atoms with Gasteiger partial charge >= 0.3 is 5.97 Å². The molecule has 0 aliphatic carbocycles. The first-order chi connectivity index (χ1) is 17.8. The Kier molecular flexibility index (Phi) is 8.29. The maximum absolute atomic E-state index is 11.5. The zero-order valence-electron chi connectivity index (χ0n) is 21.0. The number of nitrogens with zero attached hydrogens (tertiary/aromatic N) is 6. The molecule has 0 fully saturated rings. The fraction of sp³-hybridized carbons (Fsp3) is 0.320. The third kappa shape index (κ3) is 6.77. The molecule has 37 heavy (non-hydrogen) atoms. The first kappa shape index (κ1) is 26.4. The largest absolute Gasteiger partial charge is 0.481 e. The van der Waals surface area contributed by atoms with E-state index >= 15 is 0 Å². The van der Waals surface area contributed by atoms with Gasteiger partial charge < -0.3 is 19.5 Å². The summed E-state index contributed by atoms with van der Waals surface area (Å²) in [6.07, 6.45) is 4.41. The molecular weight excluding hydrogens is 512 g/mol. The number of thiazole rings is 1. The van der Waals surface area contributed by atoms with E-state index in [1.807, 2.05) is 57.7 Å². The van der Waals surface area contributed by atoms with Crippen molar-refractivity contribution in [3.05, 3.63) is 65.4 Å². The average molecular weight is 541 g/mol. The zero-order valence-corrected chi connectivity index (χ0v) is 22.6. The van der Waals surface area contributed by atoms with Gasteiger partial charge in [-0.25, -0.2) is 9.67 Å². The second-order valence-electron chi connectivity index (χ2n) is 8.58. The molecule has 0 spiro atoms. The molecule has 4 rings (SSSR count). The summed E-state index contributed by atoms with van der Waals surface area (Å²) in [6, 6.07) is 11.5. The van der Waals surface area contributed by atoms with Crippen LogP contribution in [0.25, 0.3) is 5.69 Å². The highest BCUT2D eigenvalue weighted by atomic mass is 32.2. The van der Waals surface area contributed by atoms with Crippen molar-refractivity contribution in [1.29, 1.82) is 0 Å². The van der Waals surface area contributed by atoms with E-state index in [4.69, 9.17) is 9.47 Å². The highest BCUT2D eigenvalue weighted by Gasteiger charge is 2.30. The van der Waals surface area contributed by atoms with Gasteiger partial charge in [0.2, 0.25) is 17.7 Å². The van der Waals surface area contributed by atoms with Gasteiger partial charge in [0.05, 0.1) is 37.9 Å². The highest BCUT2D eigenvalue weighted by molar-refractivity contribution is 8.03. The molecule has 1 N–H and O–H groups in total. The summed E-state index contributed by atoms with van der Waals surface area (Å²) in [5, 5.41) is 15.9. The summed E-state index contributed by atoms with van der Waals surface area (Å²) < 4.78 is 12.3. The van der Waals surface area contributed by atoms with Gasteiger partial charge in [0.1, 0.15) is 4.75 Å². The number of hydrogen-bond acceptors (Lipinski definition) is 10. The number of aliphatic carboxylic acids is 1. The molecular formula is C25H28N6O4S2. The lowest BCUT2D eigenvalue weighted by atomic mass is 10.2. The molecule has 0 atom stereocenters. The lowest BCUT2D eigenvalue weighted by Gasteiger charge is -2.22. The monoisotopic (exact) mass is 540 g/mol. The van der Waals surface area contributed by atoms with E-state index in [1.54, 1.807) is 34.1 Å². The normalized spacial score (nSPS) is 11.4. The summed E-state index contributed by atoms with van der Waals surface area (Å²) >= 11 is 2.69. The van der Waals surface area contributed by atoms with Gasteiger partial charge in [-0.2, -0.15) is 15.1 Å². The SMILES string of the molecule is COc1cc(OC)nc(N(CCc2csc(SC(C)(C)C(=O)O)n2)Cc2cnn(-c3ccccc3)c2)n1. The first-order valence-corrected chi connectivity index (χ1v) is 13.1. The van der Waals surface area contributed by atoms with Gasteiger partial charge in [0.15, 0.2) is 4.34 Å². The van der Waals surface area contributed by atoms with Crippen LogP contribution in [0.3, 0.4) is 0 Å². The number of para-hydroxylation sites is 1. The predicted molar refractivity (Wildman–Crippen MR) is 143 cm³/mol. The van der Waals surface area contributed by atoms with Gasteiger partial charge in [-0.1, -0.05) is 30.0 Å². The zero-order chi connectivity index (χ0) is 26.4. The quantitative estimate of drug-likeness (QED) is 0.260.